The zero-order valence-corrected chi connectivity index (χ0v) is 9.48. The molecule has 0 aromatic carbocycles. The summed E-state index contributed by atoms with van der Waals surface area (Å²) in [6.45, 7) is 11.4. The highest BCUT2D eigenvalue weighted by molar-refractivity contribution is 7.15. The first-order valence-electron chi connectivity index (χ1n) is 4.34. The average Bonchev–Trinajstić information content (AvgIpc) is 2.50. The minimum Gasteiger partial charge on any atom is -0.251 e. The summed E-state index contributed by atoms with van der Waals surface area (Å²) in [6, 6.07) is 0. The smallest absolute Gasteiger partial charge is 0.142 e. The lowest BCUT2D eigenvalue weighted by atomic mass is 10.4. The topological polar surface area (TPSA) is 25.2 Å². The van der Waals surface area contributed by atoms with E-state index < -0.39 is 0 Å². The summed E-state index contributed by atoms with van der Waals surface area (Å²) in [6.07, 6.45) is 3.89. The molecule has 2 nitrogen and oxygen atoms in total. The van der Waals surface area contributed by atoms with Crippen LogP contribution in [-0.2, 0) is 0 Å². The van der Waals surface area contributed by atoms with Crippen molar-refractivity contribution in [2.75, 3.05) is 0 Å². The van der Waals surface area contributed by atoms with Gasteiger partial charge in [-0.1, -0.05) is 31.3 Å². The Morgan fingerprint density at radius 3 is 2.54 bits per heavy atom. The molecule has 1 heterocycles. The summed E-state index contributed by atoms with van der Waals surface area (Å²) >= 11 is 1.56. The van der Waals surface area contributed by atoms with Gasteiger partial charge in [-0.15, -0.1) is 0 Å². The Morgan fingerprint density at radius 2 is 2.08 bits per heavy atom. The number of allylic oxidation sites excluding steroid dienone is 1. The number of aliphatic imine (C=N–C) groups is 1. The van der Waals surface area contributed by atoms with Crippen LogP contribution in [0.5, 0.6) is 0 Å². The highest BCUT2D eigenvalue weighted by Crippen LogP contribution is 2.27. The van der Waals surface area contributed by atoms with E-state index in [1.165, 1.54) is 0 Å². The van der Waals surface area contributed by atoms with Gasteiger partial charge >= 0.3 is 0 Å². The molecule has 0 amide bonds. The Kier molecular flexibility index (Phi) is 6.06. The normalized spacial score (nSPS) is 9.54. The average molecular weight is 196 g/mol. The maximum Gasteiger partial charge on any atom is 0.142 e. The summed E-state index contributed by atoms with van der Waals surface area (Å²) in [7, 11) is 0. The molecule has 0 radical (unpaired) electrons. The number of hydrogen-bond acceptors (Lipinski definition) is 3. The van der Waals surface area contributed by atoms with Crippen molar-refractivity contribution in [1.29, 1.82) is 0 Å². The standard InChI is InChI=1S/C8H10N2S.C2H6/c1-4-5-7-8(9-3)11-6(2)10-7;1-2/h4-5H,3H2,1-2H3;1-2H3/b5-4-;. The Morgan fingerprint density at radius 1 is 1.46 bits per heavy atom. The second-order valence-corrected chi connectivity index (χ2v) is 3.26. The molecule has 0 aliphatic rings. The summed E-state index contributed by atoms with van der Waals surface area (Å²) in [5.41, 5.74) is 0.921. The molecule has 3 heteroatoms. The molecule has 72 valence electrons. The molecule has 0 spiro atoms. The van der Waals surface area contributed by atoms with Crippen LogP contribution in [0, 0.1) is 6.92 Å². The second-order valence-electron chi connectivity index (χ2n) is 2.08. The molecule has 0 aliphatic heterocycles. The molecule has 1 rings (SSSR count). The van der Waals surface area contributed by atoms with Crippen LogP contribution in [-0.4, -0.2) is 11.7 Å². The van der Waals surface area contributed by atoms with E-state index >= 15 is 0 Å². The fraction of sp³-hybridized carbons (Fsp3) is 0.400. The van der Waals surface area contributed by atoms with Crippen LogP contribution in [0.3, 0.4) is 0 Å². The highest BCUT2D eigenvalue weighted by Gasteiger charge is 2.02. The van der Waals surface area contributed by atoms with E-state index in [1.54, 1.807) is 11.3 Å². The largest absolute Gasteiger partial charge is 0.251 e. The van der Waals surface area contributed by atoms with Crippen LogP contribution >= 0.6 is 11.3 Å². The van der Waals surface area contributed by atoms with Crippen LogP contribution in [0.15, 0.2) is 11.1 Å². The van der Waals surface area contributed by atoms with Crippen molar-refractivity contribution >= 4 is 29.1 Å². The number of hydrogen-bond donors (Lipinski definition) is 0. The SMILES string of the molecule is C=Nc1sc(C)nc1/C=C\C.CC. The van der Waals surface area contributed by atoms with Gasteiger partial charge < -0.3 is 0 Å². The molecule has 0 atom stereocenters. The van der Waals surface area contributed by atoms with Crippen LogP contribution in [0.1, 0.15) is 31.5 Å². The molecule has 0 saturated carbocycles. The van der Waals surface area contributed by atoms with E-state index in [1.807, 2.05) is 39.8 Å². The third-order valence-corrected chi connectivity index (χ3v) is 2.13. The van der Waals surface area contributed by atoms with Crippen molar-refractivity contribution < 1.29 is 0 Å². The second kappa shape index (κ2) is 6.54. The van der Waals surface area contributed by atoms with Gasteiger partial charge in [-0.3, -0.25) is 4.99 Å². The molecule has 0 fully saturated rings. The van der Waals surface area contributed by atoms with Gasteiger partial charge in [0.25, 0.3) is 0 Å². The highest BCUT2D eigenvalue weighted by atomic mass is 32.1. The van der Waals surface area contributed by atoms with E-state index in [4.69, 9.17) is 0 Å². The Labute approximate surface area is 84.1 Å². The Bertz CT molecular complexity index is 287. The minimum atomic E-state index is 0.903. The molecule has 0 bridgehead atoms. The van der Waals surface area contributed by atoms with Gasteiger partial charge in [-0.25, -0.2) is 4.98 Å². The molecule has 0 unspecified atom stereocenters. The van der Waals surface area contributed by atoms with Crippen molar-refractivity contribution in [2.45, 2.75) is 27.7 Å². The summed E-state index contributed by atoms with van der Waals surface area (Å²) in [5, 5.41) is 1.93. The predicted molar refractivity (Wildman–Crippen MR) is 62.1 cm³/mol. The van der Waals surface area contributed by atoms with Gasteiger partial charge in [-0.05, 0) is 26.6 Å². The number of aryl methyl sites for hydroxylation is 1. The van der Waals surface area contributed by atoms with Crippen LogP contribution < -0.4 is 0 Å². The lowest BCUT2D eigenvalue weighted by Gasteiger charge is -1.84. The van der Waals surface area contributed by atoms with Gasteiger partial charge in [0.2, 0.25) is 0 Å². The van der Waals surface area contributed by atoms with Crippen molar-refractivity contribution in [1.82, 2.24) is 4.98 Å². The molecule has 0 aliphatic carbocycles. The Hall–Kier alpha value is -0.960. The predicted octanol–water partition coefficient (Wildman–Crippen LogP) is 3.84. The van der Waals surface area contributed by atoms with Gasteiger partial charge in [0.05, 0.1) is 10.7 Å². The summed E-state index contributed by atoms with van der Waals surface area (Å²) in [4.78, 5) is 8.13. The lowest BCUT2D eigenvalue weighted by molar-refractivity contribution is 1.27. The van der Waals surface area contributed by atoms with Crippen LogP contribution in [0.2, 0.25) is 0 Å². The lowest BCUT2D eigenvalue weighted by Crippen LogP contribution is -1.71. The van der Waals surface area contributed by atoms with E-state index in [2.05, 4.69) is 16.7 Å². The number of aromatic nitrogens is 1. The third kappa shape index (κ3) is 3.51. The number of nitrogens with zero attached hydrogens (tertiary/aromatic N) is 2. The monoisotopic (exact) mass is 196 g/mol. The maximum atomic E-state index is 4.27. The van der Waals surface area contributed by atoms with E-state index in [0.717, 1.165) is 15.7 Å². The van der Waals surface area contributed by atoms with Crippen molar-refractivity contribution in [3.63, 3.8) is 0 Å². The first-order chi connectivity index (χ1) is 6.27. The zero-order chi connectivity index (χ0) is 10.3. The van der Waals surface area contributed by atoms with Gasteiger partial charge in [0, 0.05) is 0 Å². The molecular formula is C10H16N2S. The van der Waals surface area contributed by atoms with Crippen LogP contribution in [0.4, 0.5) is 5.00 Å². The van der Waals surface area contributed by atoms with Crippen molar-refractivity contribution in [3.8, 4) is 0 Å². The summed E-state index contributed by atoms with van der Waals surface area (Å²) < 4.78 is 0. The minimum absolute atomic E-state index is 0.903. The number of thiazole rings is 1. The number of rotatable bonds is 2. The Balaban J connectivity index is 0.000000671. The van der Waals surface area contributed by atoms with Gasteiger partial charge in [0.15, 0.2) is 0 Å². The van der Waals surface area contributed by atoms with Crippen molar-refractivity contribution in [3.05, 3.63) is 16.8 Å². The van der Waals surface area contributed by atoms with Gasteiger partial charge in [-0.2, -0.15) is 0 Å². The van der Waals surface area contributed by atoms with E-state index in [9.17, 15) is 0 Å². The fourth-order valence-corrected chi connectivity index (χ4v) is 1.52. The van der Waals surface area contributed by atoms with E-state index in [0.29, 0.717) is 0 Å². The van der Waals surface area contributed by atoms with Crippen molar-refractivity contribution in [2.24, 2.45) is 4.99 Å². The molecule has 0 saturated heterocycles. The van der Waals surface area contributed by atoms with Crippen LogP contribution in [0.25, 0.3) is 6.08 Å². The first-order valence-corrected chi connectivity index (χ1v) is 5.16. The maximum absolute atomic E-state index is 4.27. The molecule has 13 heavy (non-hydrogen) atoms. The summed E-state index contributed by atoms with van der Waals surface area (Å²) in [5.74, 6) is 0. The van der Waals surface area contributed by atoms with Gasteiger partial charge in [0.1, 0.15) is 5.00 Å². The fourth-order valence-electron chi connectivity index (χ4n) is 0.812. The molecule has 1 aromatic heterocycles. The molecule has 1 aromatic rings. The zero-order valence-electron chi connectivity index (χ0n) is 8.66. The van der Waals surface area contributed by atoms with E-state index in [-0.39, 0.29) is 0 Å². The third-order valence-electron chi connectivity index (χ3n) is 1.21. The molecule has 0 N–H and O–H groups in total. The quantitative estimate of drug-likeness (QED) is 0.660. The first kappa shape index (κ1) is 12.0. The molecular weight excluding hydrogens is 180 g/mol.